The summed E-state index contributed by atoms with van der Waals surface area (Å²) < 4.78 is 11.8. The largest absolute Gasteiger partial charge is 0.382 e. The Labute approximate surface area is 107 Å². The zero-order valence-electron chi connectivity index (χ0n) is 11.0. The van der Waals surface area contributed by atoms with Crippen LogP contribution in [0.25, 0.3) is 0 Å². The van der Waals surface area contributed by atoms with Gasteiger partial charge in [-0.2, -0.15) is 0 Å². The lowest BCUT2D eigenvalue weighted by Gasteiger charge is -2.08. The summed E-state index contributed by atoms with van der Waals surface area (Å²) in [6.45, 7) is 4.95. The molecule has 0 bridgehead atoms. The van der Waals surface area contributed by atoms with E-state index in [4.69, 9.17) is 9.47 Å². The molecule has 0 saturated heterocycles. The van der Waals surface area contributed by atoms with Crippen molar-refractivity contribution in [2.45, 2.75) is 19.9 Å². The van der Waals surface area contributed by atoms with E-state index in [9.17, 15) is 4.79 Å². The number of hydrogen-bond acceptors (Lipinski definition) is 5. The fourth-order valence-corrected chi connectivity index (χ4v) is 1.47. The quantitative estimate of drug-likeness (QED) is 0.659. The monoisotopic (exact) mass is 255 g/mol. The van der Waals surface area contributed by atoms with Crippen LogP contribution in [0.4, 0.5) is 5.82 Å². The van der Waals surface area contributed by atoms with E-state index in [-0.39, 0.29) is 5.56 Å². The van der Waals surface area contributed by atoms with Gasteiger partial charge in [0.15, 0.2) is 5.82 Å². The first-order valence-corrected chi connectivity index (χ1v) is 6.15. The predicted octanol–water partition coefficient (Wildman–Crippen LogP) is 0.728. The highest BCUT2D eigenvalue weighted by molar-refractivity contribution is 5.30. The Hall–Kier alpha value is -1.40. The fraction of sp³-hybridized carbons (Fsp3) is 0.667. The SMILES string of the molecule is CCCn1ccnc(NCCOCCOC)c1=O. The molecule has 1 aromatic rings. The molecule has 0 saturated carbocycles. The molecule has 0 unspecified atom stereocenters. The summed E-state index contributed by atoms with van der Waals surface area (Å²) in [5.41, 5.74) is -0.0868. The van der Waals surface area contributed by atoms with Crippen molar-refractivity contribution in [2.75, 3.05) is 38.8 Å². The van der Waals surface area contributed by atoms with Crippen LogP contribution < -0.4 is 10.9 Å². The summed E-state index contributed by atoms with van der Waals surface area (Å²) in [5, 5.41) is 2.98. The van der Waals surface area contributed by atoms with Gasteiger partial charge in [0.2, 0.25) is 0 Å². The number of rotatable bonds is 9. The Morgan fingerprint density at radius 1 is 1.39 bits per heavy atom. The molecule has 1 heterocycles. The third-order valence-corrected chi connectivity index (χ3v) is 2.35. The molecule has 6 heteroatoms. The van der Waals surface area contributed by atoms with Crippen LogP contribution in [0.5, 0.6) is 0 Å². The van der Waals surface area contributed by atoms with Crippen molar-refractivity contribution in [1.82, 2.24) is 9.55 Å². The third kappa shape index (κ3) is 4.85. The molecular formula is C12H21N3O3. The molecule has 0 spiro atoms. The van der Waals surface area contributed by atoms with Crippen LogP contribution in [-0.2, 0) is 16.0 Å². The van der Waals surface area contributed by atoms with Crippen LogP contribution >= 0.6 is 0 Å². The second-order valence-electron chi connectivity index (χ2n) is 3.81. The molecule has 0 amide bonds. The van der Waals surface area contributed by atoms with Crippen molar-refractivity contribution in [2.24, 2.45) is 0 Å². The molecule has 18 heavy (non-hydrogen) atoms. The van der Waals surface area contributed by atoms with Crippen LogP contribution in [0.3, 0.4) is 0 Å². The first-order chi connectivity index (χ1) is 8.79. The molecule has 6 nitrogen and oxygen atoms in total. The lowest BCUT2D eigenvalue weighted by atomic mass is 10.4. The summed E-state index contributed by atoms with van der Waals surface area (Å²) in [6.07, 6.45) is 4.25. The van der Waals surface area contributed by atoms with Gasteiger partial charge >= 0.3 is 0 Å². The van der Waals surface area contributed by atoms with Gasteiger partial charge in [-0.05, 0) is 6.42 Å². The smallest absolute Gasteiger partial charge is 0.293 e. The second kappa shape index (κ2) is 8.66. The van der Waals surface area contributed by atoms with Gasteiger partial charge in [-0.3, -0.25) is 4.79 Å². The van der Waals surface area contributed by atoms with Gasteiger partial charge in [-0.15, -0.1) is 0 Å². The molecule has 0 radical (unpaired) electrons. The van der Waals surface area contributed by atoms with Crippen LogP contribution in [-0.4, -0.2) is 43.0 Å². The predicted molar refractivity (Wildman–Crippen MR) is 70.0 cm³/mol. The summed E-state index contributed by atoms with van der Waals surface area (Å²) >= 11 is 0. The minimum Gasteiger partial charge on any atom is -0.382 e. The molecule has 1 rings (SSSR count). The van der Waals surface area contributed by atoms with Gasteiger partial charge in [-0.25, -0.2) is 4.98 Å². The number of nitrogens with zero attached hydrogens (tertiary/aromatic N) is 2. The maximum Gasteiger partial charge on any atom is 0.293 e. The maximum absolute atomic E-state index is 11.9. The molecule has 0 aromatic carbocycles. The van der Waals surface area contributed by atoms with Crippen molar-refractivity contribution < 1.29 is 9.47 Å². The maximum atomic E-state index is 11.9. The van der Waals surface area contributed by atoms with E-state index >= 15 is 0 Å². The van der Waals surface area contributed by atoms with Crippen LogP contribution in [0.2, 0.25) is 0 Å². The molecule has 0 aliphatic carbocycles. The Bertz CT molecular complexity index is 392. The van der Waals surface area contributed by atoms with Gasteiger partial charge in [0, 0.05) is 32.6 Å². The molecule has 0 aliphatic heterocycles. The minimum atomic E-state index is -0.0868. The lowest BCUT2D eigenvalue weighted by molar-refractivity contribution is 0.0759. The average molecular weight is 255 g/mol. The summed E-state index contributed by atoms with van der Waals surface area (Å²) in [7, 11) is 1.63. The molecule has 1 N–H and O–H groups in total. The highest BCUT2D eigenvalue weighted by Crippen LogP contribution is 1.93. The first kappa shape index (κ1) is 14.7. The Balaban J connectivity index is 2.38. The number of aromatic nitrogens is 2. The number of aryl methyl sites for hydroxylation is 1. The van der Waals surface area contributed by atoms with E-state index in [1.54, 1.807) is 24.1 Å². The van der Waals surface area contributed by atoms with Gasteiger partial charge in [0.1, 0.15) is 0 Å². The van der Waals surface area contributed by atoms with E-state index in [0.717, 1.165) is 6.42 Å². The number of methoxy groups -OCH3 is 1. The molecule has 0 fully saturated rings. The summed E-state index contributed by atoms with van der Waals surface area (Å²) in [5.74, 6) is 0.376. The number of ether oxygens (including phenoxy) is 2. The number of hydrogen-bond donors (Lipinski definition) is 1. The zero-order valence-corrected chi connectivity index (χ0v) is 11.0. The summed E-state index contributed by atoms with van der Waals surface area (Å²) in [4.78, 5) is 15.9. The topological polar surface area (TPSA) is 65.4 Å². The van der Waals surface area contributed by atoms with E-state index in [1.165, 1.54) is 0 Å². The average Bonchev–Trinajstić information content (AvgIpc) is 2.38. The Morgan fingerprint density at radius 3 is 2.94 bits per heavy atom. The van der Waals surface area contributed by atoms with E-state index in [0.29, 0.717) is 38.7 Å². The molecule has 1 aromatic heterocycles. The third-order valence-electron chi connectivity index (χ3n) is 2.35. The minimum absolute atomic E-state index is 0.0868. The van der Waals surface area contributed by atoms with E-state index in [2.05, 4.69) is 10.3 Å². The lowest BCUT2D eigenvalue weighted by Crippen LogP contribution is -2.25. The van der Waals surface area contributed by atoms with Gasteiger partial charge in [0.25, 0.3) is 5.56 Å². The van der Waals surface area contributed by atoms with Crippen LogP contribution in [0.1, 0.15) is 13.3 Å². The van der Waals surface area contributed by atoms with Gasteiger partial charge in [-0.1, -0.05) is 6.92 Å². The molecule has 0 aliphatic rings. The standard InChI is InChI=1S/C12H21N3O3/c1-3-6-15-7-4-13-11(12(15)16)14-5-8-18-10-9-17-2/h4,7H,3,5-6,8-10H2,1-2H3,(H,13,14). The highest BCUT2D eigenvalue weighted by Gasteiger charge is 2.02. The normalized spacial score (nSPS) is 10.6. The summed E-state index contributed by atoms with van der Waals surface area (Å²) in [6, 6.07) is 0. The van der Waals surface area contributed by atoms with Gasteiger partial charge in [0.05, 0.1) is 19.8 Å². The van der Waals surface area contributed by atoms with Crippen molar-refractivity contribution in [3.63, 3.8) is 0 Å². The zero-order chi connectivity index (χ0) is 13.2. The van der Waals surface area contributed by atoms with Crippen LogP contribution in [0.15, 0.2) is 17.2 Å². The molecule has 102 valence electrons. The van der Waals surface area contributed by atoms with Crippen molar-refractivity contribution in [3.05, 3.63) is 22.7 Å². The molecule has 0 atom stereocenters. The number of anilines is 1. The fourth-order valence-electron chi connectivity index (χ4n) is 1.47. The Kier molecular flexibility index (Phi) is 7.05. The van der Waals surface area contributed by atoms with E-state index < -0.39 is 0 Å². The highest BCUT2D eigenvalue weighted by atomic mass is 16.5. The van der Waals surface area contributed by atoms with E-state index in [1.807, 2.05) is 6.92 Å². The second-order valence-corrected chi connectivity index (χ2v) is 3.81. The first-order valence-electron chi connectivity index (χ1n) is 6.15. The van der Waals surface area contributed by atoms with Crippen LogP contribution in [0, 0.1) is 0 Å². The van der Waals surface area contributed by atoms with Crippen molar-refractivity contribution in [1.29, 1.82) is 0 Å². The van der Waals surface area contributed by atoms with Crippen molar-refractivity contribution >= 4 is 5.82 Å². The Morgan fingerprint density at radius 2 is 2.22 bits per heavy atom. The number of nitrogens with one attached hydrogen (secondary N) is 1. The van der Waals surface area contributed by atoms with Crippen molar-refractivity contribution in [3.8, 4) is 0 Å². The van der Waals surface area contributed by atoms with Gasteiger partial charge < -0.3 is 19.4 Å². The molecular weight excluding hydrogens is 234 g/mol.